The number of benzene rings is 2. The van der Waals surface area contributed by atoms with Crippen LogP contribution in [-0.4, -0.2) is 24.9 Å². The average Bonchev–Trinajstić information content (AvgIpc) is 2.63. The molecule has 26 heavy (non-hydrogen) atoms. The fraction of sp³-hybridized carbons (Fsp3) is 0.429. The summed E-state index contributed by atoms with van der Waals surface area (Å²) in [6.45, 7) is 7.02. The zero-order valence-corrected chi connectivity index (χ0v) is 17.1. The van der Waals surface area contributed by atoms with Gasteiger partial charge in [0.15, 0.2) is 11.5 Å². The molecule has 0 heterocycles. The minimum Gasteiger partial charge on any atom is -0.490 e. The van der Waals surface area contributed by atoms with Gasteiger partial charge in [-0.1, -0.05) is 40.2 Å². The van der Waals surface area contributed by atoms with E-state index in [1.165, 1.54) is 11.1 Å². The van der Waals surface area contributed by atoms with Gasteiger partial charge in [0, 0.05) is 17.6 Å². The topological polar surface area (TPSA) is 50.7 Å². The van der Waals surface area contributed by atoms with Crippen molar-refractivity contribution in [2.24, 2.45) is 0 Å². The molecule has 0 aliphatic carbocycles. The van der Waals surface area contributed by atoms with E-state index in [1.807, 2.05) is 31.2 Å². The molecule has 0 aliphatic heterocycles. The van der Waals surface area contributed by atoms with E-state index >= 15 is 0 Å². The predicted molar refractivity (Wildman–Crippen MR) is 109 cm³/mol. The Morgan fingerprint density at radius 2 is 1.81 bits per heavy atom. The third kappa shape index (κ3) is 6.31. The molecule has 142 valence electrons. The normalized spacial score (nSPS) is 10.8. The molecule has 0 atom stereocenters. The second-order valence-corrected chi connectivity index (χ2v) is 7.00. The number of aliphatic hydroxyl groups excluding tert-OH is 1. The minimum atomic E-state index is 0.243. The van der Waals surface area contributed by atoms with Gasteiger partial charge < -0.3 is 19.9 Å². The first kappa shape index (κ1) is 20.7. The molecule has 0 saturated heterocycles. The Labute approximate surface area is 164 Å². The van der Waals surface area contributed by atoms with Gasteiger partial charge in [-0.3, -0.25) is 0 Å². The molecule has 0 radical (unpaired) electrons. The highest BCUT2D eigenvalue weighted by molar-refractivity contribution is 9.10. The number of hydrogen-bond acceptors (Lipinski definition) is 4. The first-order chi connectivity index (χ1) is 12.7. The number of halogens is 1. The average molecular weight is 422 g/mol. The molecular weight excluding hydrogens is 394 g/mol. The van der Waals surface area contributed by atoms with Crippen LogP contribution in [0.4, 0.5) is 0 Å². The molecule has 5 heteroatoms. The molecule has 0 spiro atoms. The van der Waals surface area contributed by atoms with Gasteiger partial charge >= 0.3 is 0 Å². The van der Waals surface area contributed by atoms with Crippen molar-refractivity contribution in [1.29, 1.82) is 0 Å². The maximum atomic E-state index is 8.84. The van der Waals surface area contributed by atoms with Gasteiger partial charge in [0.2, 0.25) is 0 Å². The molecule has 0 amide bonds. The molecule has 4 nitrogen and oxygen atoms in total. The zero-order chi connectivity index (χ0) is 18.8. The fourth-order valence-electron chi connectivity index (χ4n) is 2.61. The number of ether oxygens (including phenoxy) is 2. The van der Waals surface area contributed by atoms with Crippen LogP contribution in [0.25, 0.3) is 0 Å². The molecule has 0 aromatic heterocycles. The Bertz CT molecular complexity index is 691. The molecule has 0 fully saturated rings. The highest BCUT2D eigenvalue weighted by atomic mass is 79.9. The van der Waals surface area contributed by atoms with E-state index < -0.39 is 0 Å². The Balaban J connectivity index is 2.06. The van der Waals surface area contributed by atoms with Gasteiger partial charge in [0.25, 0.3) is 0 Å². The first-order valence-corrected chi connectivity index (χ1v) is 9.89. The molecule has 0 bridgehead atoms. The third-order valence-electron chi connectivity index (χ3n) is 4.13. The largest absolute Gasteiger partial charge is 0.490 e. The summed E-state index contributed by atoms with van der Waals surface area (Å²) in [5, 5.41) is 12.2. The highest BCUT2D eigenvalue weighted by Gasteiger charge is 2.11. The second-order valence-electron chi connectivity index (χ2n) is 6.15. The third-order valence-corrected chi connectivity index (χ3v) is 4.87. The van der Waals surface area contributed by atoms with Crippen LogP contribution in [0.3, 0.4) is 0 Å². The molecule has 2 aromatic carbocycles. The Morgan fingerprint density at radius 1 is 1.04 bits per heavy atom. The summed E-state index contributed by atoms with van der Waals surface area (Å²) in [6.07, 6.45) is 1.79. The number of unbranched alkanes of at least 4 members (excludes halogenated alkanes) is 1. The van der Waals surface area contributed by atoms with Gasteiger partial charge in [-0.2, -0.15) is 0 Å². The summed E-state index contributed by atoms with van der Waals surface area (Å²) in [4.78, 5) is 0. The number of rotatable bonds is 11. The van der Waals surface area contributed by atoms with Crippen LogP contribution in [0.15, 0.2) is 40.9 Å². The Hall–Kier alpha value is -1.56. The van der Waals surface area contributed by atoms with E-state index in [0.717, 1.165) is 47.5 Å². The van der Waals surface area contributed by atoms with Crippen LogP contribution in [0, 0.1) is 6.92 Å². The second kappa shape index (κ2) is 11.2. The van der Waals surface area contributed by atoms with Crippen molar-refractivity contribution >= 4 is 15.9 Å². The summed E-state index contributed by atoms with van der Waals surface area (Å²) in [5.41, 5.74) is 3.51. The van der Waals surface area contributed by atoms with Gasteiger partial charge in [-0.15, -0.1) is 0 Å². The van der Waals surface area contributed by atoms with Gasteiger partial charge in [0.1, 0.15) is 6.61 Å². The van der Waals surface area contributed by atoms with E-state index in [2.05, 4.69) is 40.3 Å². The van der Waals surface area contributed by atoms with E-state index in [1.54, 1.807) is 0 Å². The molecule has 0 aliphatic rings. The van der Waals surface area contributed by atoms with Crippen molar-refractivity contribution in [2.75, 3.05) is 19.8 Å². The van der Waals surface area contributed by atoms with Gasteiger partial charge in [0.05, 0.1) is 6.61 Å². The summed E-state index contributed by atoms with van der Waals surface area (Å²) < 4.78 is 12.8. The molecule has 0 saturated carbocycles. The van der Waals surface area contributed by atoms with Crippen molar-refractivity contribution in [3.8, 4) is 11.5 Å². The fourth-order valence-corrected chi connectivity index (χ4v) is 3.07. The van der Waals surface area contributed by atoms with Crippen molar-refractivity contribution < 1.29 is 14.6 Å². The summed E-state index contributed by atoms with van der Waals surface area (Å²) >= 11 is 3.64. The molecule has 2 rings (SSSR count). The lowest BCUT2D eigenvalue weighted by Crippen LogP contribution is -2.15. The zero-order valence-electron chi connectivity index (χ0n) is 15.6. The van der Waals surface area contributed by atoms with E-state index in [-0.39, 0.29) is 6.61 Å². The van der Waals surface area contributed by atoms with Crippen LogP contribution >= 0.6 is 15.9 Å². The standard InChI is InChI=1S/C21H28BrNO3/c1-3-25-20-12-18(14-23-10-6-7-11-24)19(22)13-21(20)26-15-17-9-5-4-8-16(17)2/h4-5,8-9,12-13,23-24H,3,6-7,10-11,14-15H2,1-2H3. The summed E-state index contributed by atoms with van der Waals surface area (Å²) in [5.74, 6) is 1.50. The molecule has 2 N–H and O–H groups in total. The SMILES string of the molecule is CCOc1cc(CNCCCCO)c(Br)cc1OCc1ccccc1C. The minimum absolute atomic E-state index is 0.243. The lowest BCUT2D eigenvalue weighted by molar-refractivity contribution is 0.268. The highest BCUT2D eigenvalue weighted by Crippen LogP contribution is 2.34. The molecular formula is C21H28BrNO3. The summed E-state index contributed by atoms with van der Waals surface area (Å²) in [6, 6.07) is 12.2. The van der Waals surface area contributed by atoms with Crippen molar-refractivity contribution in [1.82, 2.24) is 5.32 Å². The first-order valence-electron chi connectivity index (χ1n) is 9.09. The lowest BCUT2D eigenvalue weighted by Gasteiger charge is -2.16. The number of aryl methyl sites for hydroxylation is 1. The van der Waals surface area contributed by atoms with E-state index in [4.69, 9.17) is 14.6 Å². The van der Waals surface area contributed by atoms with Crippen LogP contribution in [-0.2, 0) is 13.2 Å². The number of hydrogen-bond donors (Lipinski definition) is 2. The van der Waals surface area contributed by atoms with E-state index in [9.17, 15) is 0 Å². The quantitative estimate of drug-likeness (QED) is 0.520. The number of nitrogens with one attached hydrogen (secondary N) is 1. The van der Waals surface area contributed by atoms with Crippen molar-refractivity contribution in [3.63, 3.8) is 0 Å². The predicted octanol–water partition coefficient (Wildman–Crippen LogP) is 4.60. The number of aliphatic hydroxyl groups is 1. The Kier molecular flexibility index (Phi) is 8.95. The maximum Gasteiger partial charge on any atom is 0.162 e. The molecule has 0 unspecified atom stereocenters. The van der Waals surface area contributed by atoms with Crippen LogP contribution in [0.5, 0.6) is 11.5 Å². The maximum absolute atomic E-state index is 8.84. The van der Waals surface area contributed by atoms with Crippen molar-refractivity contribution in [2.45, 2.75) is 39.8 Å². The van der Waals surface area contributed by atoms with E-state index in [0.29, 0.717) is 13.2 Å². The monoisotopic (exact) mass is 421 g/mol. The lowest BCUT2D eigenvalue weighted by atomic mass is 10.1. The van der Waals surface area contributed by atoms with Crippen LogP contribution in [0.1, 0.15) is 36.5 Å². The van der Waals surface area contributed by atoms with Crippen LogP contribution in [0.2, 0.25) is 0 Å². The Morgan fingerprint density at radius 3 is 2.54 bits per heavy atom. The summed E-state index contributed by atoms with van der Waals surface area (Å²) in [7, 11) is 0. The van der Waals surface area contributed by atoms with Crippen molar-refractivity contribution in [3.05, 3.63) is 57.6 Å². The smallest absolute Gasteiger partial charge is 0.162 e. The van der Waals surface area contributed by atoms with Gasteiger partial charge in [-0.25, -0.2) is 0 Å². The van der Waals surface area contributed by atoms with Gasteiger partial charge in [-0.05, 0) is 62.1 Å². The molecule has 2 aromatic rings. The van der Waals surface area contributed by atoms with Crippen LogP contribution < -0.4 is 14.8 Å².